The molecule has 368 valence electrons. The normalized spacial score (nSPS) is 45.5. The quantitative estimate of drug-likeness (QED) is 0.180. The van der Waals surface area contributed by atoms with E-state index in [0.29, 0.717) is 0 Å². The van der Waals surface area contributed by atoms with E-state index in [1.54, 1.807) is 80.7 Å². The molecule has 2 saturated heterocycles. The highest BCUT2D eigenvalue weighted by atomic mass is 19.1. The Morgan fingerprint density at radius 3 is 1.86 bits per heavy atom. The highest BCUT2D eigenvalue weighted by Crippen LogP contribution is 2.38. The van der Waals surface area contributed by atoms with Gasteiger partial charge in [-0.3, -0.25) is 9.59 Å². The van der Waals surface area contributed by atoms with Crippen LogP contribution in [0.2, 0.25) is 0 Å². The van der Waals surface area contributed by atoms with E-state index >= 15 is 4.39 Å². The van der Waals surface area contributed by atoms with Crippen LogP contribution in [0.25, 0.3) is 0 Å². The molecule has 3 aliphatic heterocycles. The first kappa shape index (κ1) is 55.9. The van der Waals surface area contributed by atoms with Crippen molar-refractivity contribution in [3.8, 4) is 0 Å². The molecule has 0 aromatic carbocycles. The molecule has 0 aliphatic carbocycles. The van der Waals surface area contributed by atoms with Gasteiger partial charge < -0.3 is 75.7 Å². The molecule has 0 aromatic heterocycles. The van der Waals surface area contributed by atoms with Crippen molar-refractivity contribution in [2.45, 2.75) is 177 Å². The molecule has 3 rings (SSSR count). The lowest BCUT2D eigenvalue weighted by Gasteiger charge is -2.45. The van der Waals surface area contributed by atoms with Crippen LogP contribution in [0.3, 0.4) is 0 Å². The van der Waals surface area contributed by atoms with E-state index in [1.165, 1.54) is 19.1 Å². The molecule has 3 aliphatic rings. The van der Waals surface area contributed by atoms with E-state index in [0.717, 1.165) is 0 Å². The summed E-state index contributed by atoms with van der Waals surface area (Å²) in [6.07, 6.45) is 1.93. The predicted octanol–water partition coefficient (Wildman–Crippen LogP) is 1.69. The zero-order valence-electron chi connectivity index (χ0n) is 37.5. The second kappa shape index (κ2) is 27.4. The molecule has 2 bridgehead atoms. The molecule has 19 atom stereocenters. The number of carboxylic acids is 1. The summed E-state index contributed by atoms with van der Waals surface area (Å²) in [7, 11) is 0. The van der Waals surface area contributed by atoms with E-state index in [4.69, 9.17) is 24.7 Å². The molecule has 3 heterocycles. The Hall–Kier alpha value is -3.47. The van der Waals surface area contributed by atoms with Gasteiger partial charge in [0.05, 0.1) is 79.6 Å². The van der Waals surface area contributed by atoms with Crippen LogP contribution < -0.4 is 5.73 Å². The number of nitrogens with two attached hydrogens (primary N) is 1. The van der Waals surface area contributed by atoms with Gasteiger partial charge in [0.25, 0.3) is 0 Å². The summed E-state index contributed by atoms with van der Waals surface area (Å²) in [5.41, 5.74) is 5.89. The van der Waals surface area contributed by atoms with Crippen LogP contribution in [0.1, 0.15) is 79.1 Å². The van der Waals surface area contributed by atoms with Gasteiger partial charge in [0.2, 0.25) is 0 Å². The molecule has 2 fully saturated rings. The van der Waals surface area contributed by atoms with Gasteiger partial charge in [-0.25, -0.2) is 4.39 Å². The van der Waals surface area contributed by atoms with E-state index in [9.17, 15) is 60.7 Å². The second-order valence-electron chi connectivity index (χ2n) is 17.5. The summed E-state index contributed by atoms with van der Waals surface area (Å²) in [6, 6.07) is -1.37. The van der Waals surface area contributed by atoms with Crippen LogP contribution in [0.5, 0.6) is 0 Å². The first-order valence-electron chi connectivity index (χ1n) is 22.3. The fourth-order valence-corrected chi connectivity index (χ4v) is 7.94. The van der Waals surface area contributed by atoms with Crippen molar-refractivity contribution in [2.24, 2.45) is 23.5 Å². The number of fused-ring (bicyclic) bond motifs is 2. The average molecular weight is 926 g/mol. The fraction of sp³-hybridized carbons (Fsp3) is 0.660. The van der Waals surface area contributed by atoms with Gasteiger partial charge in [0.15, 0.2) is 18.2 Å². The maximum atomic E-state index is 15.3. The number of aliphatic hydroxyl groups is 9. The van der Waals surface area contributed by atoms with Crippen LogP contribution in [0.15, 0.2) is 85.1 Å². The van der Waals surface area contributed by atoms with Crippen molar-refractivity contribution in [2.75, 3.05) is 0 Å². The lowest BCUT2D eigenvalue weighted by molar-refractivity contribution is -0.306. The number of hydrogen-bond acceptors (Lipinski definition) is 16. The molecule has 17 nitrogen and oxygen atoms in total. The second-order valence-corrected chi connectivity index (χ2v) is 17.5. The van der Waals surface area contributed by atoms with Gasteiger partial charge in [0, 0.05) is 37.5 Å². The summed E-state index contributed by atoms with van der Waals surface area (Å²) >= 11 is 0. The minimum atomic E-state index is -2.35. The first-order valence-corrected chi connectivity index (χ1v) is 22.3. The predicted molar refractivity (Wildman–Crippen MR) is 236 cm³/mol. The Kier molecular flexibility index (Phi) is 23.5. The lowest BCUT2D eigenvalue weighted by Crippen LogP contribution is -2.60. The van der Waals surface area contributed by atoms with E-state index in [2.05, 4.69) is 0 Å². The Bertz CT molecular complexity index is 1670. The highest BCUT2D eigenvalue weighted by molar-refractivity contribution is 5.71. The minimum absolute atomic E-state index is 0.115. The van der Waals surface area contributed by atoms with Gasteiger partial charge in [-0.15, -0.1) is 0 Å². The third-order valence-electron chi connectivity index (χ3n) is 12.0. The van der Waals surface area contributed by atoms with E-state index < -0.39 is 147 Å². The first-order chi connectivity index (χ1) is 30.6. The number of allylic oxidation sites excluding steroid dienone is 12. The zero-order valence-corrected chi connectivity index (χ0v) is 37.5. The summed E-state index contributed by atoms with van der Waals surface area (Å²) in [5, 5.41) is 107. The minimum Gasteiger partial charge on any atom is -0.481 e. The van der Waals surface area contributed by atoms with Crippen LogP contribution in [-0.4, -0.2) is 161 Å². The summed E-state index contributed by atoms with van der Waals surface area (Å²) in [4.78, 5) is 25.1. The third kappa shape index (κ3) is 18.6. The molecule has 0 spiro atoms. The van der Waals surface area contributed by atoms with Gasteiger partial charge >= 0.3 is 11.9 Å². The summed E-state index contributed by atoms with van der Waals surface area (Å²) < 4.78 is 38.2. The number of alkyl halides is 1. The van der Waals surface area contributed by atoms with Gasteiger partial charge in [0.1, 0.15) is 12.0 Å². The van der Waals surface area contributed by atoms with E-state index in [-0.39, 0.29) is 31.6 Å². The van der Waals surface area contributed by atoms with Crippen molar-refractivity contribution in [1.82, 2.24) is 0 Å². The summed E-state index contributed by atoms with van der Waals surface area (Å²) in [5.74, 6) is -6.92. The number of aliphatic carboxylic acids is 1. The van der Waals surface area contributed by atoms with Gasteiger partial charge in [-0.1, -0.05) is 98.9 Å². The number of carbonyl (C=O) groups is 2. The molecule has 18 heteroatoms. The fourth-order valence-electron chi connectivity index (χ4n) is 7.94. The van der Waals surface area contributed by atoms with Crippen LogP contribution in [0.4, 0.5) is 4.39 Å². The highest BCUT2D eigenvalue weighted by Gasteiger charge is 2.51. The van der Waals surface area contributed by atoms with Crippen molar-refractivity contribution >= 4 is 11.9 Å². The maximum absolute atomic E-state index is 15.3. The SMILES string of the molecule is C[C@@H]1[C@H](O)[C@@H](C)/C=C/C=C/C=C/C=C/C=C/C=C/C=C/[C@H](O[C@@H]2O[C@H](C)[C@@H](O)[C@H](N)[C@H]2F)CC2O[C@](O)(CC(O)C[C@@H](O)[C@H](O)CCC(O)C[C@@H](O)CC(=O)O[C@H]1C)C[C@H](O)[C@H]2C(=O)O. The van der Waals surface area contributed by atoms with Gasteiger partial charge in [-0.2, -0.15) is 0 Å². The van der Waals surface area contributed by atoms with Crippen molar-refractivity contribution in [3.63, 3.8) is 0 Å². The number of ether oxygens (including phenoxy) is 4. The molecular weight excluding hydrogens is 854 g/mol. The molecular formula is C47H72FNO16. The Labute approximate surface area is 380 Å². The molecule has 3 unspecified atom stereocenters. The number of carboxylic acid groups (broad SMARTS) is 1. The summed E-state index contributed by atoms with van der Waals surface area (Å²) in [6.45, 7) is 6.67. The van der Waals surface area contributed by atoms with Crippen molar-refractivity contribution < 1.29 is 84.0 Å². The molecule has 0 amide bonds. The number of halogens is 1. The Morgan fingerprint density at radius 2 is 1.28 bits per heavy atom. The van der Waals surface area contributed by atoms with Crippen molar-refractivity contribution in [1.29, 1.82) is 0 Å². The number of rotatable bonds is 3. The zero-order chi connectivity index (χ0) is 48.4. The van der Waals surface area contributed by atoms with Gasteiger partial charge in [-0.05, 0) is 33.1 Å². The Morgan fingerprint density at radius 1 is 0.708 bits per heavy atom. The van der Waals surface area contributed by atoms with Crippen LogP contribution in [-0.2, 0) is 28.5 Å². The van der Waals surface area contributed by atoms with Crippen LogP contribution in [0, 0.1) is 17.8 Å². The molecule has 12 N–H and O–H groups in total. The Balaban J connectivity index is 1.86. The van der Waals surface area contributed by atoms with E-state index in [1.807, 2.05) is 13.0 Å². The van der Waals surface area contributed by atoms with Crippen molar-refractivity contribution in [3.05, 3.63) is 85.1 Å². The smallest absolute Gasteiger partial charge is 0.311 e. The standard InChI is InChI=1S/C47H72FNO16/c1-27-17-15-13-11-9-7-5-6-8-10-12-14-16-18-34(64-46-41(48)42(49)44(58)30(4)63-46)24-38-40(45(59)60)37(55)26-47(61,65-38)25-33(52)22-36(54)35(53)20-19-31(50)21-32(51)23-39(56)62-29(3)28(2)43(27)57/h5-18,27-38,40-44,46,50-55,57-58,61H,19-26,49H2,1-4H3,(H,59,60)/b6-5+,9-7+,10-8+,13-11+,14-12+,17-15+,18-16+/t27-,28-,29-,30+,31?,32+,33?,34-,35+,36+,37-,38?,40+,41+,42+,43+,44+,46-,47+/m0/s1. The number of hydrogen-bond donors (Lipinski definition) is 11. The monoisotopic (exact) mass is 925 g/mol. The number of carbonyl (C=O) groups excluding carboxylic acids is 1. The third-order valence-corrected chi connectivity index (χ3v) is 12.0. The molecule has 0 saturated carbocycles. The van der Waals surface area contributed by atoms with Crippen LogP contribution >= 0.6 is 0 Å². The molecule has 0 aromatic rings. The maximum Gasteiger partial charge on any atom is 0.311 e. The lowest BCUT2D eigenvalue weighted by atomic mass is 9.82. The topological polar surface area (TPSA) is 299 Å². The number of cyclic esters (lactones) is 1. The number of esters is 1. The number of aliphatic hydroxyl groups excluding tert-OH is 8. The molecule has 0 radical (unpaired) electrons. The largest absolute Gasteiger partial charge is 0.481 e. The molecule has 65 heavy (non-hydrogen) atoms. The average Bonchev–Trinajstić information content (AvgIpc) is 3.21.